The molecule has 2 aromatic rings. The minimum Gasteiger partial charge on any atom is -0.548 e. The number of carboxylic acids is 1. The molecule has 1 heterocycles. The van der Waals surface area contributed by atoms with Crippen molar-refractivity contribution in [3.05, 3.63) is 30.1 Å². The average Bonchev–Trinajstić information content (AvgIpc) is 2.56. The van der Waals surface area contributed by atoms with Gasteiger partial charge in [0.25, 0.3) is 0 Å². The maximum atomic E-state index is 10.5. The molecule has 0 aliphatic carbocycles. The summed E-state index contributed by atoms with van der Waals surface area (Å²) in [5, 5.41) is 19.6. The summed E-state index contributed by atoms with van der Waals surface area (Å²) in [5.41, 5.74) is 1.36. The number of aromatic nitrogens is 2. The first-order chi connectivity index (χ1) is 7.22. The minimum atomic E-state index is -1.20. The summed E-state index contributed by atoms with van der Waals surface area (Å²) in [4.78, 5) is 14.6. The fraction of sp³-hybridized carbons (Fsp3) is 0.200. The van der Waals surface area contributed by atoms with Gasteiger partial charge in [-0.15, -0.1) is 0 Å². The Hall–Kier alpha value is -0.244. The molecule has 2 rings (SSSR count). The van der Waals surface area contributed by atoms with Gasteiger partial charge in [0.05, 0.1) is 23.5 Å². The van der Waals surface area contributed by atoms with Crippen LogP contribution in [0.15, 0.2) is 24.3 Å². The first-order valence-corrected chi connectivity index (χ1v) is 4.47. The molecule has 0 atom stereocenters. The van der Waals surface area contributed by atoms with Gasteiger partial charge in [0.2, 0.25) is 0 Å². The van der Waals surface area contributed by atoms with Gasteiger partial charge in [0, 0.05) is 0 Å². The third kappa shape index (κ3) is 2.71. The Morgan fingerprint density at radius 3 is 2.75 bits per heavy atom. The number of carbonyl (C=O) groups excluding carboxylic acids is 1. The van der Waals surface area contributed by atoms with Crippen molar-refractivity contribution >= 4 is 17.0 Å². The summed E-state index contributed by atoms with van der Waals surface area (Å²) >= 11 is 0. The molecule has 1 N–H and O–H groups in total. The number of hydrogen-bond acceptors (Lipinski definition) is 4. The molecule has 16 heavy (non-hydrogen) atoms. The quantitative estimate of drug-likeness (QED) is 0.563. The Morgan fingerprint density at radius 1 is 1.44 bits per heavy atom. The summed E-state index contributed by atoms with van der Waals surface area (Å²) in [5.74, 6) is -0.867. The predicted octanol–water partition coefficient (Wildman–Crippen LogP) is -3.72. The Labute approximate surface area is 135 Å². The van der Waals surface area contributed by atoms with Crippen LogP contribution in [0.3, 0.4) is 0 Å². The molecule has 0 aliphatic rings. The number of aliphatic hydroxyl groups excluding tert-OH is 1. The molecule has 0 saturated heterocycles. The van der Waals surface area contributed by atoms with Crippen LogP contribution < -0.4 is 56.5 Å². The van der Waals surface area contributed by atoms with E-state index >= 15 is 0 Å². The zero-order valence-corrected chi connectivity index (χ0v) is 12.0. The molecule has 0 amide bonds. The Bertz CT molecular complexity index is 510. The largest absolute Gasteiger partial charge is 1.00 e. The smallest absolute Gasteiger partial charge is 0.548 e. The van der Waals surface area contributed by atoms with Crippen molar-refractivity contribution in [3.8, 4) is 0 Å². The van der Waals surface area contributed by atoms with Crippen LogP contribution in [0, 0.1) is 0 Å². The van der Waals surface area contributed by atoms with Gasteiger partial charge in [-0.05, 0) is 12.1 Å². The van der Waals surface area contributed by atoms with Crippen molar-refractivity contribution < 1.29 is 66.4 Å². The molecule has 1 aromatic heterocycles. The van der Waals surface area contributed by atoms with Crippen molar-refractivity contribution in [2.24, 2.45) is 0 Å². The maximum Gasteiger partial charge on any atom is 1.00 e. The second-order valence-corrected chi connectivity index (χ2v) is 3.13. The van der Waals surface area contributed by atoms with Crippen molar-refractivity contribution in [1.29, 1.82) is 0 Å². The first-order valence-electron chi connectivity index (χ1n) is 4.47. The number of fused-ring (bicyclic) bond motifs is 1. The van der Waals surface area contributed by atoms with E-state index in [1.165, 1.54) is 4.57 Å². The molecule has 0 bridgehead atoms. The van der Waals surface area contributed by atoms with E-state index in [1.54, 1.807) is 24.3 Å². The number of aliphatic hydroxyl groups is 1. The summed E-state index contributed by atoms with van der Waals surface area (Å²) < 4.78 is 1.44. The number of hydrogen-bond donors (Lipinski definition) is 1. The SMILES string of the molecule is O=C([O-])Cn1c(CO)nc2ccccc21.[K+]. The molecule has 0 spiro atoms. The Kier molecular flexibility index (Phi) is 5.10. The molecule has 6 heteroatoms. The molecule has 0 aliphatic heterocycles. The van der Waals surface area contributed by atoms with Gasteiger partial charge in [-0.3, -0.25) is 0 Å². The third-order valence-electron chi connectivity index (χ3n) is 2.16. The van der Waals surface area contributed by atoms with Crippen LogP contribution in [-0.4, -0.2) is 20.6 Å². The fourth-order valence-corrected chi connectivity index (χ4v) is 1.55. The number of rotatable bonds is 3. The Morgan fingerprint density at radius 2 is 2.12 bits per heavy atom. The van der Waals surface area contributed by atoms with Crippen molar-refractivity contribution in [1.82, 2.24) is 9.55 Å². The van der Waals surface area contributed by atoms with E-state index in [2.05, 4.69) is 4.98 Å². The van der Waals surface area contributed by atoms with Crippen molar-refractivity contribution in [2.45, 2.75) is 13.2 Å². The number of aliphatic carboxylic acids is 1. The topological polar surface area (TPSA) is 78.2 Å². The summed E-state index contributed by atoms with van der Waals surface area (Å²) in [6.45, 7) is -0.585. The maximum absolute atomic E-state index is 10.5. The second kappa shape index (κ2) is 5.90. The van der Waals surface area contributed by atoms with E-state index in [0.717, 1.165) is 0 Å². The van der Waals surface area contributed by atoms with Crippen molar-refractivity contribution in [3.63, 3.8) is 0 Å². The number of carbonyl (C=O) groups is 1. The van der Waals surface area contributed by atoms with Gasteiger partial charge >= 0.3 is 51.4 Å². The van der Waals surface area contributed by atoms with Crippen LogP contribution in [0.5, 0.6) is 0 Å². The normalized spacial score (nSPS) is 10.1. The molecule has 0 radical (unpaired) electrons. The molecule has 5 nitrogen and oxygen atoms in total. The van der Waals surface area contributed by atoms with E-state index in [0.29, 0.717) is 16.9 Å². The van der Waals surface area contributed by atoms with E-state index in [4.69, 9.17) is 5.11 Å². The third-order valence-corrected chi connectivity index (χ3v) is 2.16. The molecule has 0 saturated carbocycles. The zero-order chi connectivity index (χ0) is 10.8. The van der Waals surface area contributed by atoms with Gasteiger partial charge in [-0.1, -0.05) is 12.1 Å². The van der Waals surface area contributed by atoms with Crippen LogP contribution in [0.4, 0.5) is 0 Å². The molecule has 1 aromatic carbocycles. The van der Waals surface area contributed by atoms with Gasteiger partial charge in [-0.25, -0.2) is 4.98 Å². The van der Waals surface area contributed by atoms with Crippen molar-refractivity contribution in [2.75, 3.05) is 0 Å². The van der Waals surface area contributed by atoms with E-state index in [-0.39, 0.29) is 64.5 Å². The van der Waals surface area contributed by atoms with Crippen LogP contribution in [0.25, 0.3) is 11.0 Å². The minimum absolute atomic E-state index is 0. The van der Waals surface area contributed by atoms with E-state index in [9.17, 15) is 9.90 Å². The Balaban J connectivity index is 0.00000128. The van der Waals surface area contributed by atoms with Gasteiger partial charge in [0.15, 0.2) is 0 Å². The molecule has 0 unspecified atom stereocenters. The monoisotopic (exact) mass is 244 g/mol. The number of benzene rings is 1. The fourth-order valence-electron chi connectivity index (χ4n) is 1.55. The first kappa shape index (κ1) is 13.8. The summed E-state index contributed by atoms with van der Waals surface area (Å²) in [7, 11) is 0. The van der Waals surface area contributed by atoms with E-state index in [1.807, 2.05) is 0 Å². The number of carboxylic acid groups (broad SMARTS) is 1. The zero-order valence-electron chi connectivity index (χ0n) is 8.88. The predicted molar refractivity (Wildman–Crippen MR) is 50.7 cm³/mol. The van der Waals surface area contributed by atoms with Gasteiger partial charge < -0.3 is 19.6 Å². The standard InChI is InChI=1S/C10H10N2O3.K/c13-6-9-11-7-3-1-2-4-8(7)12(9)5-10(14)15;/h1-4,13H,5-6H2,(H,14,15);/q;+1/p-1. The average molecular weight is 244 g/mol. The summed E-state index contributed by atoms with van der Waals surface area (Å²) in [6.07, 6.45) is 0. The van der Waals surface area contributed by atoms with Crippen LogP contribution in [0.1, 0.15) is 5.82 Å². The van der Waals surface area contributed by atoms with E-state index < -0.39 is 5.97 Å². The van der Waals surface area contributed by atoms with Gasteiger partial charge in [0.1, 0.15) is 12.4 Å². The van der Waals surface area contributed by atoms with Crippen LogP contribution in [0.2, 0.25) is 0 Å². The molecular formula is C10H9KN2O3. The second-order valence-electron chi connectivity index (χ2n) is 3.13. The number of nitrogens with zero attached hydrogens (tertiary/aromatic N) is 2. The van der Waals surface area contributed by atoms with Crippen LogP contribution in [-0.2, 0) is 17.9 Å². The number of imidazole rings is 1. The summed E-state index contributed by atoms with van der Waals surface area (Å²) in [6, 6.07) is 7.11. The molecule has 78 valence electrons. The van der Waals surface area contributed by atoms with Crippen LogP contribution >= 0.6 is 0 Å². The molecular weight excluding hydrogens is 235 g/mol. The molecule has 0 fully saturated rings. The number of para-hydroxylation sites is 2. The van der Waals surface area contributed by atoms with Gasteiger partial charge in [-0.2, -0.15) is 0 Å².